The van der Waals surface area contributed by atoms with Crippen molar-refractivity contribution in [1.29, 1.82) is 0 Å². The molecule has 0 saturated heterocycles. The molecule has 1 aliphatic carbocycles. The molecule has 3 N–H and O–H groups in total. The standard InChI is InChI=1S/C26H35N3O2/c1-3-29(4-2)20-10-19-27-24(30)21-13-15-23(16-14-21)28-25(31)26(17-8-9-18-26)22-11-6-5-7-12-22/h5-7,11-16H,3-4,8-10,17-20H2,1-2H3,(H,27,30)(H,28,31)/p+1. The number of quaternary nitrogens is 1. The zero-order valence-corrected chi connectivity index (χ0v) is 18.9. The van der Waals surface area contributed by atoms with Crippen LogP contribution in [0.25, 0.3) is 0 Å². The van der Waals surface area contributed by atoms with Gasteiger partial charge in [-0.15, -0.1) is 0 Å². The van der Waals surface area contributed by atoms with Gasteiger partial charge in [-0.25, -0.2) is 0 Å². The predicted octanol–water partition coefficient (Wildman–Crippen LogP) is 3.18. The third kappa shape index (κ3) is 5.73. The number of benzene rings is 2. The first-order valence-corrected chi connectivity index (χ1v) is 11.7. The molecule has 5 nitrogen and oxygen atoms in total. The van der Waals surface area contributed by atoms with E-state index in [-0.39, 0.29) is 11.8 Å². The Balaban J connectivity index is 1.56. The van der Waals surface area contributed by atoms with E-state index < -0.39 is 5.41 Å². The largest absolute Gasteiger partial charge is 0.352 e. The van der Waals surface area contributed by atoms with Crippen molar-refractivity contribution in [2.75, 3.05) is 31.5 Å². The average Bonchev–Trinajstić information content (AvgIpc) is 3.31. The minimum atomic E-state index is -0.454. The molecule has 1 saturated carbocycles. The van der Waals surface area contributed by atoms with Gasteiger partial charge in [-0.3, -0.25) is 9.59 Å². The first-order chi connectivity index (χ1) is 15.1. The summed E-state index contributed by atoms with van der Waals surface area (Å²) < 4.78 is 0. The lowest BCUT2D eigenvalue weighted by Crippen LogP contribution is -3.11. The van der Waals surface area contributed by atoms with Gasteiger partial charge in [0, 0.05) is 24.2 Å². The quantitative estimate of drug-likeness (QED) is 0.515. The maximum Gasteiger partial charge on any atom is 0.251 e. The number of amides is 2. The van der Waals surface area contributed by atoms with Crippen LogP contribution >= 0.6 is 0 Å². The normalized spacial score (nSPS) is 15.1. The number of carbonyl (C=O) groups is 2. The summed E-state index contributed by atoms with van der Waals surface area (Å²) in [5.74, 6) is -0.0173. The van der Waals surface area contributed by atoms with Crippen molar-refractivity contribution in [1.82, 2.24) is 5.32 Å². The molecular weight excluding hydrogens is 386 g/mol. The summed E-state index contributed by atoms with van der Waals surface area (Å²) in [5, 5.41) is 6.09. The van der Waals surface area contributed by atoms with E-state index in [1.165, 1.54) is 0 Å². The third-order valence-electron chi connectivity index (χ3n) is 6.62. The van der Waals surface area contributed by atoms with E-state index in [4.69, 9.17) is 0 Å². The predicted molar refractivity (Wildman–Crippen MR) is 126 cm³/mol. The van der Waals surface area contributed by atoms with Gasteiger partial charge >= 0.3 is 0 Å². The molecule has 0 atom stereocenters. The maximum absolute atomic E-state index is 13.2. The molecule has 5 heteroatoms. The molecule has 0 aromatic heterocycles. The lowest BCUT2D eigenvalue weighted by atomic mass is 9.78. The Labute approximate surface area is 186 Å². The summed E-state index contributed by atoms with van der Waals surface area (Å²) in [4.78, 5) is 27.2. The Morgan fingerprint density at radius 1 is 0.935 bits per heavy atom. The van der Waals surface area contributed by atoms with Crippen LogP contribution in [0, 0.1) is 0 Å². The van der Waals surface area contributed by atoms with Crippen LogP contribution in [-0.2, 0) is 10.2 Å². The molecule has 2 aromatic carbocycles. The summed E-state index contributed by atoms with van der Waals surface area (Å²) in [6, 6.07) is 17.3. The van der Waals surface area contributed by atoms with E-state index in [9.17, 15) is 9.59 Å². The fraction of sp³-hybridized carbons (Fsp3) is 0.462. The first kappa shape index (κ1) is 23.0. The zero-order chi connectivity index (χ0) is 22.1. The lowest BCUT2D eigenvalue weighted by molar-refractivity contribution is -0.896. The van der Waals surface area contributed by atoms with Crippen LogP contribution in [0.15, 0.2) is 54.6 Å². The second-order valence-electron chi connectivity index (χ2n) is 8.50. The lowest BCUT2D eigenvalue weighted by Gasteiger charge is -2.28. The van der Waals surface area contributed by atoms with Crippen LogP contribution in [0.4, 0.5) is 5.69 Å². The van der Waals surface area contributed by atoms with E-state index in [0.717, 1.165) is 63.0 Å². The summed E-state index contributed by atoms with van der Waals surface area (Å²) in [7, 11) is 0. The molecule has 2 amide bonds. The first-order valence-electron chi connectivity index (χ1n) is 11.7. The van der Waals surface area contributed by atoms with Gasteiger partial charge in [-0.05, 0) is 56.5 Å². The van der Waals surface area contributed by atoms with Gasteiger partial charge < -0.3 is 15.5 Å². The fourth-order valence-corrected chi connectivity index (χ4v) is 4.58. The number of hydrogen-bond acceptors (Lipinski definition) is 2. The summed E-state index contributed by atoms with van der Waals surface area (Å²) in [5.41, 5.74) is 1.98. The van der Waals surface area contributed by atoms with Crippen molar-refractivity contribution in [2.45, 2.75) is 51.4 Å². The highest BCUT2D eigenvalue weighted by Gasteiger charge is 2.42. The summed E-state index contributed by atoms with van der Waals surface area (Å²) >= 11 is 0. The van der Waals surface area contributed by atoms with Crippen molar-refractivity contribution in [3.8, 4) is 0 Å². The van der Waals surface area contributed by atoms with Crippen LogP contribution < -0.4 is 15.5 Å². The highest BCUT2D eigenvalue weighted by Crippen LogP contribution is 2.42. The van der Waals surface area contributed by atoms with E-state index in [1.54, 1.807) is 17.0 Å². The molecule has 0 bridgehead atoms. The van der Waals surface area contributed by atoms with E-state index >= 15 is 0 Å². The highest BCUT2D eigenvalue weighted by molar-refractivity contribution is 6.00. The Morgan fingerprint density at radius 3 is 2.19 bits per heavy atom. The number of anilines is 1. The fourth-order valence-electron chi connectivity index (χ4n) is 4.58. The molecule has 2 aromatic rings. The summed E-state index contributed by atoms with van der Waals surface area (Å²) in [6.45, 7) is 8.35. The molecule has 166 valence electrons. The molecule has 1 aliphatic rings. The maximum atomic E-state index is 13.2. The second-order valence-corrected chi connectivity index (χ2v) is 8.50. The Kier molecular flexibility index (Phi) is 8.24. The van der Waals surface area contributed by atoms with E-state index in [0.29, 0.717) is 12.1 Å². The molecule has 0 aliphatic heterocycles. The van der Waals surface area contributed by atoms with Crippen LogP contribution in [-0.4, -0.2) is 38.0 Å². The SMILES string of the molecule is CC[NH+](CC)CCCNC(=O)c1ccc(NC(=O)C2(c3ccccc3)CCCC2)cc1. The minimum absolute atomic E-state index is 0.0484. The van der Waals surface area contributed by atoms with Gasteiger partial charge in [0.25, 0.3) is 5.91 Å². The number of hydrogen-bond donors (Lipinski definition) is 3. The van der Waals surface area contributed by atoms with Crippen molar-refractivity contribution in [2.24, 2.45) is 0 Å². The van der Waals surface area contributed by atoms with Crippen molar-refractivity contribution >= 4 is 17.5 Å². The summed E-state index contributed by atoms with van der Waals surface area (Å²) in [6.07, 6.45) is 4.85. The van der Waals surface area contributed by atoms with Gasteiger partial charge in [0.2, 0.25) is 5.91 Å². The van der Waals surface area contributed by atoms with Gasteiger partial charge in [-0.1, -0.05) is 43.2 Å². The molecule has 0 heterocycles. The molecule has 31 heavy (non-hydrogen) atoms. The molecule has 0 unspecified atom stereocenters. The Bertz CT molecular complexity index is 839. The topological polar surface area (TPSA) is 62.6 Å². The number of carbonyl (C=O) groups excluding carboxylic acids is 2. The van der Waals surface area contributed by atoms with E-state index in [2.05, 4.69) is 36.6 Å². The van der Waals surface area contributed by atoms with Gasteiger partial charge in [0.05, 0.1) is 25.0 Å². The van der Waals surface area contributed by atoms with Crippen molar-refractivity contribution in [3.63, 3.8) is 0 Å². The van der Waals surface area contributed by atoms with Crippen LogP contribution in [0.5, 0.6) is 0 Å². The zero-order valence-electron chi connectivity index (χ0n) is 18.9. The smallest absolute Gasteiger partial charge is 0.251 e. The second kappa shape index (κ2) is 11.1. The Morgan fingerprint density at radius 2 is 1.58 bits per heavy atom. The number of nitrogens with one attached hydrogen (secondary N) is 3. The molecular formula is C26H36N3O2+. The highest BCUT2D eigenvalue weighted by atomic mass is 16.2. The molecule has 3 rings (SSSR count). The molecule has 1 fully saturated rings. The molecule has 0 radical (unpaired) electrons. The van der Waals surface area contributed by atoms with Gasteiger partial charge in [-0.2, -0.15) is 0 Å². The van der Waals surface area contributed by atoms with Crippen molar-refractivity contribution in [3.05, 3.63) is 65.7 Å². The number of rotatable bonds is 10. The average molecular weight is 423 g/mol. The molecule has 0 spiro atoms. The van der Waals surface area contributed by atoms with Crippen LogP contribution in [0.3, 0.4) is 0 Å². The van der Waals surface area contributed by atoms with Crippen molar-refractivity contribution < 1.29 is 14.5 Å². The van der Waals surface area contributed by atoms with Crippen LogP contribution in [0.1, 0.15) is 61.9 Å². The van der Waals surface area contributed by atoms with E-state index in [1.807, 2.05) is 30.3 Å². The monoisotopic (exact) mass is 422 g/mol. The Hall–Kier alpha value is -2.66. The van der Waals surface area contributed by atoms with Gasteiger partial charge in [0.15, 0.2) is 0 Å². The minimum Gasteiger partial charge on any atom is -0.352 e. The van der Waals surface area contributed by atoms with Crippen LogP contribution in [0.2, 0.25) is 0 Å². The van der Waals surface area contributed by atoms with Gasteiger partial charge in [0.1, 0.15) is 0 Å². The third-order valence-corrected chi connectivity index (χ3v) is 6.62.